The van der Waals surface area contributed by atoms with Gasteiger partial charge in [-0.2, -0.15) is 0 Å². The average Bonchev–Trinajstić information content (AvgIpc) is 3.98. The Balaban J connectivity index is 0.000000198. The van der Waals surface area contributed by atoms with E-state index in [1.807, 2.05) is 76.6 Å². The molecule has 9 heteroatoms. The Bertz CT molecular complexity index is 1510. The maximum Gasteiger partial charge on any atom is 0.410 e. The predicted octanol–water partition coefficient (Wildman–Crippen LogP) is 8.46. The van der Waals surface area contributed by atoms with Crippen molar-refractivity contribution in [2.75, 3.05) is 33.7 Å². The third kappa shape index (κ3) is 8.73. The Hall–Kier alpha value is -3.59. The zero-order valence-corrected chi connectivity index (χ0v) is 32.8. The molecule has 0 radical (unpaired) electrons. The number of carbonyl (C=O) groups excluding carboxylic acids is 3. The Labute approximate surface area is 306 Å². The molecule has 51 heavy (non-hydrogen) atoms. The minimum atomic E-state index is -0.533. The first-order valence-electron chi connectivity index (χ1n) is 19.0. The molecule has 4 atom stereocenters. The molecule has 2 aliphatic heterocycles. The van der Waals surface area contributed by atoms with Crippen LogP contribution in [0.25, 0.3) is 0 Å². The standard InChI is InChI=1S/C21H30N2O3.C21H32N2O2/c1-15(16-9-7-6-8-10-16)23-14-11-17(18(23)24)21(12-13-21)22(5)19(25)26-20(2,3)4;1-16(17-9-7-6-8-10-17)23-14-11-18(15-23)21(12-13-21)22(5)19(24)25-20(2,3)4/h6-10,15,17H,11-14H2,1-5H3;6-10,16,18H,11-15H2,1-5H3/t15-,17-;16-,18+/m00/s1. The van der Waals surface area contributed by atoms with E-state index in [2.05, 4.69) is 61.2 Å². The minimum Gasteiger partial charge on any atom is -0.444 e. The lowest BCUT2D eigenvalue weighted by Crippen LogP contribution is -2.48. The van der Waals surface area contributed by atoms with Crippen molar-refractivity contribution < 1.29 is 23.9 Å². The largest absolute Gasteiger partial charge is 0.444 e. The summed E-state index contributed by atoms with van der Waals surface area (Å²) in [5.74, 6) is 0.566. The quantitative estimate of drug-likeness (QED) is 0.275. The number of likely N-dealkylation sites (tertiary alicyclic amines) is 2. The van der Waals surface area contributed by atoms with Gasteiger partial charge < -0.3 is 24.2 Å². The molecule has 2 heterocycles. The summed E-state index contributed by atoms with van der Waals surface area (Å²) in [6.07, 6.45) is 5.37. The topological polar surface area (TPSA) is 82.6 Å². The summed E-state index contributed by atoms with van der Waals surface area (Å²) in [5.41, 5.74) is 1.18. The fraction of sp³-hybridized carbons (Fsp3) is 0.643. The van der Waals surface area contributed by atoms with E-state index in [-0.39, 0.29) is 41.1 Å². The summed E-state index contributed by atoms with van der Waals surface area (Å²) >= 11 is 0. The van der Waals surface area contributed by atoms with Crippen LogP contribution in [0.15, 0.2) is 60.7 Å². The van der Waals surface area contributed by atoms with Crippen LogP contribution in [0.3, 0.4) is 0 Å². The van der Waals surface area contributed by atoms with Crippen LogP contribution in [-0.4, -0.2) is 93.7 Å². The SMILES string of the molecule is C[C@@H](c1ccccc1)N1CC[C@@H](C2(N(C)C(=O)OC(C)(C)C)CC2)C1.C[C@@H](c1ccccc1)N1CC[C@H](C2(N(C)C(=O)OC(C)(C)C)CC2)C1=O. The van der Waals surface area contributed by atoms with Gasteiger partial charge in [-0.3, -0.25) is 9.69 Å². The third-order valence-corrected chi connectivity index (χ3v) is 11.6. The number of hydrogen-bond donors (Lipinski definition) is 0. The van der Waals surface area contributed by atoms with E-state index < -0.39 is 11.2 Å². The van der Waals surface area contributed by atoms with Crippen molar-refractivity contribution in [1.82, 2.24) is 19.6 Å². The summed E-state index contributed by atoms with van der Waals surface area (Å²) in [5, 5.41) is 0. The molecule has 2 aliphatic carbocycles. The summed E-state index contributed by atoms with van der Waals surface area (Å²) in [7, 11) is 3.70. The normalized spacial score (nSPS) is 23.4. The van der Waals surface area contributed by atoms with Crippen molar-refractivity contribution in [2.45, 2.75) is 128 Å². The van der Waals surface area contributed by atoms with E-state index in [1.54, 1.807) is 11.9 Å². The lowest BCUT2D eigenvalue weighted by atomic mass is 9.94. The fourth-order valence-corrected chi connectivity index (χ4v) is 8.23. The van der Waals surface area contributed by atoms with Gasteiger partial charge in [-0.15, -0.1) is 0 Å². The number of nitrogens with zero attached hydrogens (tertiary/aromatic N) is 4. The van der Waals surface area contributed by atoms with Crippen LogP contribution in [0, 0.1) is 11.8 Å². The molecule has 0 N–H and O–H groups in total. The minimum absolute atomic E-state index is 0.00743. The van der Waals surface area contributed by atoms with Crippen molar-refractivity contribution in [2.24, 2.45) is 11.8 Å². The maximum absolute atomic E-state index is 13.2. The van der Waals surface area contributed by atoms with Crippen LogP contribution in [-0.2, 0) is 14.3 Å². The molecule has 2 aromatic rings. The highest BCUT2D eigenvalue weighted by Crippen LogP contribution is 2.53. The van der Waals surface area contributed by atoms with Crippen LogP contribution in [0.5, 0.6) is 0 Å². The Morgan fingerprint density at radius 2 is 1.16 bits per heavy atom. The van der Waals surface area contributed by atoms with Crippen LogP contribution in [0.1, 0.15) is 117 Å². The van der Waals surface area contributed by atoms with Crippen LogP contribution in [0.4, 0.5) is 9.59 Å². The molecule has 6 rings (SSSR count). The van der Waals surface area contributed by atoms with Gasteiger partial charge >= 0.3 is 12.2 Å². The fourth-order valence-electron chi connectivity index (χ4n) is 8.23. The zero-order chi connectivity index (χ0) is 37.4. The molecule has 9 nitrogen and oxygen atoms in total. The van der Waals surface area contributed by atoms with E-state index in [0.29, 0.717) is 12.0 Å². The van der Waals surface area contributed by atoms with Gasteiger partial charge in [0.05, 0.1) is 23.0 Å². The van der Waals surface area contributed by atoms with Gasteiger partial charge in [0, 0.05) is 33.2 Å². The Kier molecular flexibility index (Phi) is 11.2. The molecule has 3 amide bonds. The summed E-state index contributed by atoms with van der Waals surface area (Å²) in [4.78, 5) is 46.3. The Morgan fingerprint density at radius 3 is 1.61 bits per heavy atom. The zero-order valence-electron chi connectivity index (χ0n) is 32.8. The van der Waals surface area contributed by atoms with E-state index in [0.717, 1.165) is 63.7 Å². The van der Waals surface area contributed by atoms with E-state index in [1.165, 1.54) is 5.56 Å². The second-order valence-corrected chi connectivity index (χ2v) is 17.3. The number of amides is 3. The molecular formula is C42H62N4O5. The van der Waals surface area contributed by atoms with Gasteiger partial charge in [0.2, 0.25) is 5.91 Å². The average molecular weight is 703 g/mol. The maximum atomic E-state index is 13.2. The van der Waals surface area contributed by atoms with Gasteiger partial charge in [-0.05, 0) is 118 Å². The lowest BCUT2D eigenvalue weighted by molar-refractivity contribution is -0.134. The second kappa shape index (κ2) is 14.8. The van der Waals surface area contributed by atoms with E-state index in [4.69, 9.17) is 9.47 Å². The number of carbonyl (C=O) groups is 3. The van der Waals surface area contributed by atoms with Crippen LogP contribution < -0.4 is 0 Å². The third-order valence-electron chi connectivity index (χ3n) is 11.6. The van der Waals surface area contributed by atoms with Gasteiger partial charge in [0.1, 0.15) is 11.2 Å². The van der Waals surface area contributed by atoms with Gasteiger partial charge in [0.15, 0.2) is 0 Å². The first-order valence-corrected chi connectivity index (χ1v) is 19.0. The second-order valence-electron chi connectivity index (χ2n) is 17.3. The summed E-state index contributed by atoms with van der Waals surface area (Å²) < 4.78 is 11.1. The molecule has 0 bridgehead atoms. The van der Waals surface area contributed by atoms with E-state index >= 15 is 0 Å². The molecule has 4 aliphatic rings. The molecular weight excluding hydrogens is 640 g/mol. The van der Waals surface area contributed by atoms with Crippen LogP contribution in [0.2, 0.25) is 0 Å². The van der Waals surface area contributed by atoms with Gasteiger partial charge in [-0.1, -0.05) is 60.7 Å². The first-order chi connectivity index (χ1) is 23.9. The van der Waals surface area contributed by atoms with Gasteiger partial charge in [0.25, 0.3) is 0 Å². The van der Waals surface area contributed by atoms with Gasteiger partial charge in [-0.25, -0.2) is 9.59 Å². The van der Waals surface area contributed by atoms with Crippen molar-refractivity contribution in [3.05, 3.63) is 71.8 Å². The number of benzene rings is 2. The highest BCUT2D eigenvalue weighted by molar-refractivity contribution is 5.84. The van der Waals surface area contributed by atoms with Crippen molar-refractivity contribution >= 4 is 18.1 Å². The number of hydrogen-bond acceptors (Lipinski definition) is 6. The molecule has 0 spiro atoms. The molecule has 2 saturated carbocycles. The summed E-state index contributed by atoms with van der Waals surface area (Å²) in [6.45, 7) is 18.6. The molecule has 2 saturated heterocycles. The molecule has 280 valence electrons. The number of rotatable bonds is 8. The first kappa shape index (κ1) is 38.6. The molecule has 2 aromatic carbocycles. The van der Waals surface area contributed by atoms with Crippen LogP contribution >= 0.6 is 0 Å². The van der Waals surface area contributed by atoms with E-state index in [9.17, 15) is 14.4 Å². The molecule has 4 fully saturated rings. The predicted molar refractivity (Wildman–Crippen MR) is 201 cm³/mol. The lowest BCUT2D eigenvalue weighted by Gasteiger charge is -2.35. The Morgan fingerprint density at radius 1 is 0.706 bits per heavy atom. The smallest absolute Gasteiger partial charge is 0.410 e. The summed E-state index contributed by atoms with van der Waals surface area (Å²) in [6, 6.07) is 21.3. The van der Waals surface area contributed by atoms with Crippen molar-refractivity contribution in [3.63, 3.8) is 0 Å². The highest BCUT2D eigenvalue weighted by atomic mass is 16.6. The molecule has 0 aromatic heterocycles. The number of ether oxygens (including phenoxy) is 2. The molecule has 0 unspecified atom stereocenters. The monoisotopic (exact) mass is 702 g/mol. The van der Waals surface area contributed by atoms with Crippen molar-refractivity contribution in [1.29, 1.82) is 0 Å². The highest BCUT2D eigenvalue weighted by Gasteiger charge is 2.60. The van der Waals surface area contributed by atoms with Crippen molar-refractivity contribution in [3.8, 4) is 0 Å².